The molecule has 2 aromatic carbocycles. The standard InChI is InChI=1S/C17H15FO2/c1-2-20-17(19)15(13-9-5-3-6-10-13)16(18)14-11-7-4-8-12-14/h3-12H,2H2,1H3/b16-15+. The highest BCUT2D eigenvalue weighted by molar-refractivity contribution is 6.23. The Morgan fingerprint density at radius 3 is 1.95 bits per heavy atom. The lowest BCUT2D eigenvalue weighted by Gasteiger charge is -2.09. The van der Waals surface area contributed by atoms with Crippen molar-refractivity contribution in [2.75, 3.05) is 6.61 Å². The zero-order valence-corrected chi connectivity index (χ0v) is 11.2. The van der Waals surface area contributed by atoms with Gasteiger partial charge in [-0.1, -0.05) is 60.7 Å². The van der Waals surface area contributed by atoms with Gasteiger partial charge in [0.15, 0.2) is 0 Å². The minimum absolute atomic E-state index is 0.0429. The number of hydrogen-bond acceptors (Lipinski definition) is 2. The van der Waals surface area contributed by atoms with E-state index in [1.165, 1.54) is 0 Å². The van der Waals surface area contributed by atoms with Crippen LogP contribution < -0.4 is 0 Å². The predicted molar refractivity (Wildman–Crippen MR) is 77.4 cm³/mol. The number of hydrogen-bond donors (Lipinski definition) is 0. The summed E-state index contributed by atoms with van der Waals surface area (Å²) in [7, 11) is 0. The molecule has 0 fully saturated rings. The molecule has 2 aromatic rings. The van der Waals surface area contributed by atoms with Gasteiger partial charge in [-0.3, -0.25) is 0 Å². The zero-order chi connectivity index (χ0) is 14.4. The summed E-state index contributed by atoms with van der Waals surface area (Å²) in [5.74, 6) is -1.23. The lowest BCUT2D eigenvalue weighted by Crippen LogP contribution is -2.08. The summed E-state index contributed by atoms with van der Waals surface area (Å²) in [4.78, 5) is 12.0. The molecule has 0 aliphatic heterocycles. The molecule has 0 spiro atoms. The molecule has 0 saturated carbocycles. The molecule has 0 N–H and O–H groups in total. The molecular weight excluding hydrogens is 255 g/mol. The van der Waals surface area contributed by atoms with Crippen molar-refractivity contribution in [3.8, 4) is 0 Å². The highest BCUT2D eigenvalue weighted by Gasteiger charge is 2.20. The number of halogens is 1. The molecule has 3 heteroatoms. The minimum atomic E-state index is -0.653. The monoisotopic (exact) mass is 270 g/mol. The first kappa shape index (κ1) is 14.0. The number of rotatable bonds is 4. The summed E-state index contributed by atoms with van der Waals surface area (Å²) in [6, 6.07) is 17.2. The number of benzene rings is 2. The predicted octanol–water partition coefficient (Wildman–Crippen LogP) is 4.09. The fourth-order valence-corrected chi connectivity index (χ4v) is 1.87. The molecule has 0 aliphatic rings. The summed E-state index contributed by atoms with van der Waals surface area (Å²) >= 11 is 0. The minimum Gasteiger partial charge on any atom is -0.462 e. The maximum atomic E-state index is 14.6. The summed E-state index contributed by atoms with van der Waals surface area (Å²) in [5.41, 5.74) is 0.824. The molecule has 20 heavy (non-hydrogen) atoms. The van der Waals surface area contributed by atoms with E-state index in [4.69, 9.17) is 4.74 Å². The Kier molecular flexibility index (Phi) is 4.66. The Hall–Kier alpha value is -2.42. The lowest BCUT2D eigenvalue weighted by molar-refractivity contribution is -0.136. The number of esters is 1. The van der Waals surface area contributed by atoms with Gasteiger partial charge in [-0.25, -0.2) is 9.18 Å². The van der Waals surface area contributed by atoms with Crippen molar-refractivity contribution in [2.45, 2.75) is 6.92 Å². The van der Waals surface area contributed by atoms with Crippen molar-refractivity contribution in [3.63, 3.8) is 0 Å². The Balaban J connectivity index is 2.54. The largest absolute Gasteiger partial charge is 0.462 e. The molecule has 0 aliphatic carbocycles. The van der Waals surface area contributed by atoms with Crippen LogP contribution >= 0.6 is 0 Å². The summed E-state index contributed by atoms with van der Waals surface area (Å²) in [6.45, 7) is 1.90. The molecule has 0 heterocycles. The summed E-state index contributed by atoms with van der Waals surface area (Å²) in [5, 5.41) is 0. The van der Waals surface area contributed by atoms with E-state index in [1.807, 2.05) is 6.07 Å². The number of carbonyl (C=O) groups excluding carboxylic acids is 1. The Morgan fingerprint density at radius 1 is 0.950 bits per heavy atom. The molecular formula is C17H15FO2. The van der Waals surface area contributed by atoms with Crippen LogP contribution in [0.4, 0.5) is 4.39 Å². The molecule has 2 rings (SSSR count). The van der Waals surface area contributed by atoms with Crippen LogP contribution in [0.3, 0.4) is 0 Å². The zero-order valence-electron chi connectivity index (χ0n) is 11.2. The third kappa shape index (κ3) is 3.12. The van der Waals surface area contributed by atoms with Crippen LogP contribution in [0.5, 0.6) is 0 Å². The molecule has 0 aromatic heterocycles. The molecule has 0 bridgehead atoms. The normalized spacial score (nSPS) is 11.7. The van der Waals surface area contributed by atoms with E-state index < -0.39 is 11.8 Å². The van der Waals surface area contributed by atoms with Crippen molar-refractivity contribution >= 4 is 17.4 Å². The van der Waals surface area contributed by atoms with E-state index in [-0.39, 0.29) is 12.2 Å². The second kappa shape index (κ2) is 6.66. The molecule has 102 valence electrons. The van der Waals surface area contributed by atoms with Crippen molar-refractivity contribution in [1.82, 2.24) is 0 Å². The smallest absolute Gasteiger partial charge is 0.341 e. The first-order valence-electron chi connectivity index (χ1n) is 6.41. The van der Waals surface area contributed by atoms with Gasteiger partial charge in [0.2, 0.25) is 0 Å². The van der Waals surface area contributed by atoms with Gasteiger partial charge in [0.1, 0.15) is 11.4 Å². The van der Waals surface area contributed by atoms with Crippen LogP contribution in [0, 0.1) is 0 Å². The molecule has 0 atom stereocenters. The maximum absolute atomic E-state index is 14.6. The van der Waals surface area contributed by atoms with Gasteiger partial charge in [-0.15, -0.1) is 0 Å². The first-order valence-corrected chi connectivity index (χ1v) is 6.41. The number of ether oxygens (including phenoxy) is 1. The van der Waals surface area contributed by atoms with Gasteiger partial charge in [0.05, 0.1) is 6.61 Å². The second-order valence-corrected chi connectivity index (χ2v) is 4.14. The second-order valence-electron chi connectivity index (χ2n) is 4.14. The Labute approximate surface area is 117 Å². The van der Waals surface area contributed by atoms with Gasteiger partial charge in [-0.05, 0) is 12.5 Å². The van der Waals surface area contributed by atoms with Crippen LogP contribution in [0.2, 0.25) is 0 Å². The van der Waals surface area contributed by atoms with Gasteiger partial charge in [0, 0.05) is 5.56 Å². The highest BCUT2D eigenvalue weighted by Crippen LogP contribution is 2.28. The molecule has 2 nitrogen and oxygen atoms in total. The third-order valence-electron chi connectivity index (χ3n) is 2.79. The van der Waals surface area contributed by atoms with Crippen LogP contribution in [0.25, 0.3) is 11.4 Å². The van der Waals surface area contributed by atoms with E-state index in [1.54, 1.807) is 61.5 Å². The van der Waals surface area contributed by atoms with Crippen molar-refractivity contribution in [3.05, 3.63) is 71.8 Å². The van der Waals surface area contributed by atoms with E-state index in [0.717, 1.165) is 0 Å². The molecule has 0 unspecified atom stereocenters. The van der Waals surface area contributed by atoms with E-state index in [0.29, 0.717) is 11.1 Å². The fraction of sp³-hybridized carbons (Fsp3) is 0.118. The van der Waals surface area contributed by atoms with Crippen LogP contribution in [-0.4, -0.2) is 12.6 Å². The fourth-order valence-electron chi connectivity index (χ4n) is 1.87. The van der Waals surface area contributed by atoms with Crippen molar-refractivity contribution < 1.29 is 13.9 Å². The first-order chi connectivity index (χ1) is 9.74. The Morgan fingerprint density at radius 2 is 1.45 bits per heavy atom. The maximum Gasteiger partial charge on any atom is 0.341 e. The molecule has 0 saturated heterocycles. The van der Waals surface area contributed by atoms with Crippen LogP contribution in [0.15, 0.2) is 60.7 Å². The number of carbonyl (C=O) groups is 1. The van der Waals surface area contributed by atoms with Crippen molar-refractivity contribution in [1.29, 1.82) is 0 Å². The molecule has 0 radical (unpaired) electrons. The lowest BCUT2D eigenvalue weighted by atomic mass is 10.0. The van der Waals surface area contributed by atoms with Gasteiger partial charge < -0.3 is 4.74 Å². The third-order valence-corrected chi connectivity index (χ3v) is 2.79. The SMILES string of the molecule is CCOC(=O)/C(=C(/F)c1ccccc1)c1ccccc1. The van der Waals surface area contributed by atoms with Crippen LogP contribution in [0.1, 0.15) is 18.1 Å². The van der Waals surface area contributed by atoms with Crippen molar-refractivity contribution in [2.24, 2.45) is 0 Å². The van der Waals surface area contributed by atoms with Gasteiger partial charge in [-0.2, -0.15) is 0 Å². The quantitative estimate of drug-likeness (QED) is 0.475. The summed E-state index contributed by atoms with van der Waals surface area (Å²) < 4.78 is 19.6. The topological polar surface area (TPSA) is 26.3 Å². The summed E-state index contributed by atoms with van der Waals surface area (Å²) in [6.07, 6.45) is 0. The van der Waals surface area contributed by atoms with E-state index >= 15 is 0 Å². The van der Waals surface area contributed by atoms with Crippen LogP contribution in [-0.2, 0) is 9.53 Å². The molecule has 0 amide bonds. The van der Waals surface area contributed by atoms with Gasteiger partial charge >= 0.3 is 5.97 Å². The van der Waals surface area contributed by atoms with E-state index in [2.05, 4.69) is 0 Å². The Bertz CT molecular complexity index is 603. The van der Waals surface area contributed by atoms with Gasteiger partial charge in [0.25, 0.3) is 0 Å². The average molecular weight is 270 g/mol. The average Bonchev–Trinajstić information content (AvgIpc) is 2.50. The van der Waals surface area contributed by atoms with E-state index in [9.17, 15) is 9.18 Å². The highest BCUT2D eigenvalue weighted by atomic mass is 19.1.